The number of hydrogen-bond donors (Lipinski definition) is 1. The molecule has 0 unspecified atom stereocenters. The highest BCUT2D eigenvalue weighted by atomic mass is 15.3. The van der Waals surface area contributed by atoms with E-state index in [1.165, 1.54) is 5.56 Å². The summed E-state index contributed by atoms with van der Waals surface area (Å²) in [6, 6.07) is 10.4. The molecule has 3 nitrogen and oxygen atoms in total. The Hall–Kier alpha value is -1.77. The highest BCUT2D eigenvalue weighted by molar-refractivity contribution is 5.35. The number of aromatic nitrogens is 2. The fourth-order valence-electron chi connectivity index (χ4n) is 1.54. The van der Waals surface area contributed by atoms with E-state index in [4.69, 9.17) is 5.73 Å². The van der Waals surface area contributed by atoms with Gasteiger partial charge in [0.2, 0.25) is 0 Å². The summed E-state index contributed by atoms with van der Waals surface area (Å²) >= 11 is 0. The molecule has 0 bridgehead atoms. The number of anilines is 1. The normalized spacial score (nSPS) is 10.5. The maximum Gasteiger partial charge on any atom is 0.148 e. The molecule has 0 radical (unpaired) electrons. The lowest BCUT2D eigenvalue weighted by Crippen LogP contribution is -2.02. The van der Waals surface area contributed by atoms with E-state index < -0.39 is 0 Å². The van der Waals surface area contributed by atoms with Crippen molar-refractivity contribution in [3.63, 3.8) is 0 Å². The second kappa shape index (κ2) is 4.17. The van der Waals surface area contributed by atoms with E-state index in [0.29, 0.717) is 5.82 Å². The number of nitrogen functional groups attached to an aromatic ring is 1. The SMILES string of the molecule is Cc1cn(CCc2ccccc2)nc1N. The third-order valence-corrected chi connectivity index (χ3v) is 2.46. The van der Waals surface area contributed by atoms with E-state index in [2.05, 4.69) is 29.4 Å². The molecule has 0 aliphatic rings. The second-order valence-corrected chi connectivity index (χ2v) is 3.70. The Kier molecular flexibility index (Phi) is 2.72. The van der Waals surface area contributed by atoms with Crippen molar-refractivity contribution in [3.05, 3.63) is 47.7 Å². The van der Waals surface area contributed by atoms with Crippen LogP contribution in [0.3, 0.4) is 0 Å². The molecule has 0 aliphatic heterocycles. The molecule has 0 spiro atoms. The zero-order chi connectivity index (χ0) is 10.7. The molecule has 1 aromatic heterocycles. The van der Waals surface area contributed by atoms with Gasteiger partial charge in [0.05, 0.1) is 0 Å². The van der Waals surface area contributed by atoms with Crippen LogP contribution in [0.2, 0.25) is 0 Å². The molecular formula is C12H15N3. The maximum atomic E-state index is 5.68. The summed E-state index contributed by atoms with van der Waals surface area (Å²) in [4.78, 5) is 0. The Morgan fingerprint density at radius 2 is 2.00 bits per heavy atom. The molecule has 15 heavy (non-hydrogen) atoms. The summed E-state index contributed by atoms with van der Waals surface area (Å²) in [5, 5.41) is 4.22. The van der Waals surface area contributed by atoms with E-state index in [0.717, 1.165) is 18.5 Å². The minimum absolute atomic E-state index is 0.628. The van der Waals surface area contributed by atoms with Gasteiger partial charge >= 0.3 is 0 Å². The van der Waals surface area contributed by atoms with Crippen LogP contribution in [0.5, 0.6) is 0 Å². The van der Waals surface area contributed by atoms with Crippen LogP contribution in [0.15, 0.2) is 36.5 Å². The van der Waals surface area contributed by atoms with Gasteiger partial charge in [0.15, 0.2) is 0 Å². The van der Waals surface area contributed by atoms with Gasteiger partial charge in [-0.3, -0.25) is 4.68 Å². The van der Waals surface area contributed by atoms with Gasteiger partial charge in [0.1, 0.15) is 5.82 Å². The fourth-order valence-corrected chi connectivity index (χ4v) is 1.54. The zero-order valence-corrected chi connectivity index (χ0v) is 8.85. The van der Waals surface area contributed by atoms with Crippen LogP contribution in [0, 0.1) is 6.92 Å². The maximum absolute atomic E-state index is 5.68. The van der Waals surface area contributed by atoms with Gasteiger partial charge in [-0.1, -0.05) is 30.3 Å². The lowest BCUT2D eigenvalue weighted by atomic mass is 10.1. The van der Waals surface area contributed by atoms with Crippen LogP contribution >= 0.6 is 0 Å². The van der Waals surface area contributed by atoms with E-state index in [1.54, 1.807) is 0 Å². The molecule has 1 heterocycles. The second-order valence-electron chi connectivity index (χ2n) is 3.70. The van der Waals surface area contributed by atoms with Gasteiger partial charge in [-0.05, 0) is 18.9 Å². The van der Waals surface area contributed by atoms with Crippen molar-refractivity contribution in [1.29, 1.82) is 0 Å². The summed E-state index contributed by atoms with van der Waals surface area (Å²) in [6.07, 6.45) is 2.97. The van der Waals surface area contributed by atoms with Gasteiger partial charge in [0, 0.05) is 18.3 Å². The highest BCUT2D eigenvalue weighted by Gasteiger charge is 2.00. The molecule has 2 rings (SSSR count). The van der Waals surface area contributed by atoms with Crippen molar-refractivity contribution in [1.82, 2.24) is 9.78 Å². The molecule has 3 heteroatoms. The molecule has 0 aliphatic carbocycles. The van der Waals surface area contributed by atoms with Gasteiger partial charge < -0.3 is 5.73 Å². The van der Waals surface area contributed by atoms with Gasteiger partial charge in [0.25, 0.3) is 0 Å². The molecule has 0 atom stereocenters. The average Bonchev–Trinajstić information content (AvgIpc) is 2.57. The van der Waals surface area contributed by atoms with Crippen molar-refractivity contribution in [3.8, 4) is 0 Å². The lowest BCUT2D eigenvalue weighted by Gasteiger charge is -2.01. The number of hydrogen-bond acceptors (Lipinski definition) is 2. The van der Waals surface area contributed by atoms with Gasteiger partial charge in [-0.25, -0.2) is 0 Å². The smallest absolute Gasteiger partial charge is 0.148 e. The summed E-state index contributed by atoms with van der Waals surface area (Å²) in [6.45, 7) is 2.85. The van der Waals surface area contributed by atoms with Crippen molar-refractivity contribution < 1.29 is 0 Å². The molecule has 0 fully saturated rings. The fraction of sp³-hybridized carbons (Fsp3) is 0.250. The highest BCUT2D eigenvalue weighted by Crippen LogP contribution is 2.07. The van der Waals surface area contributed by atoms with Crippen LogP contribution in [0.25, 0.3) is 0 Å². The third-order valence-electron chi connectivity index (χ3n) is 2.46. The topological polar surface area (TPSA) is 43.8 Å². The average molecular weight is 201 g/mol. The Morgan fingerprint density at radius 1 is 1.27 bits per heavy atom. The first kappa shape index (κ1) is 9.77. The summed E-state index contributed by atoms with van der Waals surface area (Å²) in [7, 11) is 0. The lowest BCUT2D eigenvalue weighted by molar-refractivity contribution is 0.617. The molecule has 78 valence electrons. The van der Waals surface area contributed by atoms with Crippen LogP contribution in [0.1, 0.15) is 11.1 Å². The van der Waals surface area contributed by atoms with Crippen LogP contribution in [0.4, 0.5) is 5.82 Å². The Labute approximate surface area is 89.5 Å². The number of nitrogens with zero attached hydrogens (tertiary/aromatic N) is 2. The van der Waals surface area contributed by atoms with Crippen molar-refractivity contribution in [2.45, 2.75) is 19.9 Å². The minimum atomic E-state index is 0.628. The Balaban J connectivity index is 1.99. The first-order valence-corrected chi connectivity index (χ1v) is 5.09. The van der Waals surface area contributed by atoms with Crippen LogP contribution in [-0.4, -0.2) is 9.78 Å². The predicted molar refractivity (Wildman–Crippen MR) is 61.5 cm³/mol. The first-order chi connectivity index (χ1) is 7.25. The number of aryl methyl sites for hydroxylation is 3. The van der Waals surface area contributed by atoms with Crippen molar-refractivity contribution in [2.75, 3.05) is 5.73 Å². The Morgan fingerprint density at radius 3 is 2.60 bits per heavy atom. The van der Waals surface area contributed by atoms with Crippen molar-refractivity contribution >= 4 is 5.82 Å². The van der Waals surface area contributed by atoms with E-state index >= 15 is 0 Å². The summed E-state index contributed by atoms with van der Waals surface area (Å²) in [5.74, 6) is 0.628. The molecule has 0 amide bonds. The molecule has 0 saturated heterocycles. The largest absolute Gasteiger partial charge is 0.382 e. The quantitative estimate of drug-likeness (QED) is 0.825. The molecule has 2 N–H and O–H groups in total. The van der Waals surface area contributed by atoms with E-state index in [-0.39, 0.29) is 0 Å². The minimum Gasteiger partial charge on any atom is -0.382 e. The molecule has 2 aromatic rings. The standard InChI is InChI=1S/C12H15N3/c1-10-9-15(14-12(10)13)8-7-11-5-3-2-4-6-11/h2-6,9H,7-8H2,1H3,(H2,13,14). The Bertz CT molecular complexity index is 412. The van der Waals surface area contributed by atoms with Gasteiger partial charge in [-0.15, -0.1) is 0 Å². The van der Waals surface area contributed by atoms with E-state index in [1.807, 2.05) is 23.9 Å². The monoisotopic (exact) mass is 201 g/mol. The summed E-state index contributed by atoms with van der Waals surface area (Å²) < 4.78 is 1.90. The number of nitrogens with two attached hydrogens (primary N) is 1. The van der Waals surface area contributed by atoms with Crippen molar-refractivity contribution in [2.24, 2.45) is 0 Å². The zero-order valence-electron chi connectivity index (χ0n) is 8.85. The molecule has 0 saturated carbocycles. The first-order valence-electron chi connectivity index (χ1n) is 5.09. The molecule has 1 aromatic carbocycles. The van der Waals surface area contributed by atoms with Crippen LogP contribution < -0.4 is 5.73 Å². The van der Waals surface area contributed by atoms with E-state index in [9.17, 15) is 0 Å². The third kappa shape index (κ3) is 2.37. The van der Waals surface area contributed by atoms with Crippen LogP contribution in [-0.2, 0) is 13.0 Å². The van der Waals surface area contributed by atoms with Gasteiger partial charge in [-0.2, -0.15) is 5.10 Å². The number of benzene rings is 1. The summed E-state index contributed by atoms with van der Waals surface area (Å²) in [5.41, 5.74) is 8.05. The number of rotatable bonds is 3. The molecular weight excluding hydrogens is 186 g/mol. The predicted octanol–water partition coefficient (Wildman–Crippen LogP) is 2.02.